The van der Waals surface area contributed by atoms with Gasteiger partial charge in [0.25, 0.3) is 0 Å². The van der Waals surface area contributed by atoms with E-state index in [4.69, 9.17) is 16.4 Å². The highest BCUT2D eigenvalue weighted by Crippen LogP contribution is 2.29. The largest absolute Gasteiger partial charge is 0.390 e. The van der Waals surface area contributed by atoms with E-state index in [2.05, 4.69) is 17.3 Å². The van der Waals surface area contributed by atoms with Crippen LogP contribution in [0.25, 0.3) is 0 Å². The molecular formula is C23H25ClN2O2. The minimum absolute atomic E-state index is 0.139. The molecule has 0 saturated heterocycles. The smallest absolute Gasteiger partial charge is 0.226 e. The number of amides is 1. The third-order valence-corrected chi connectivity index (χ3v) is 5.90. The van der Waals surface area contributed by atoms with Crippen molar-refractivity contribution in [3.8, 4) is 0 Å². The van der Waals surface area contributed by atoms with Crippen LogP contribution in [0.15, 0.2) is 59.8 Å². The average molecular weight is 397 g/mol. The summed E-state index contributed by atoms with van der Waals surface area (Å²) in [5.74, 6) is 0.394. The van der Waals surface area contributed by atoms with E-state index in [1.54, 1.807) is 0 Å². The molecule has 1 atom stereocenters. The molecule has 2 aromatic carbocycles. The van der Waals surface area contributed by atoms with Gasteiger partial charge in [-0.25, -0.2) is 0 Å². The summed E-state index contributed by atoms with van der Waals surface area (Å²) in [6, 6.07) is 17.8. The highest BCUT2D eigenvalue weighted by atomic mass is 35.5. The topological polar surface area (TPSA) is 41.9 Å². The number of benzene rings is 2. The number of carbonyl (C=O) groups is 1. The number of oxime groups is 1. The second kappa shape index (κ2) is 8.78. The summed E-state index contributed by atoms with van der Waals surface area (Å²) in [7, 11) is 0. The predicted molar refractivity (Wildman–Crippen MR) is 111 cm³/mol. The lowest BCUT2D eigenvalue weighted by Crippen LogP contribution is -2.40. The molecule has 0 aromatic heterocycles. The fraction of sp³-hybridized carbons (Fsp3) is 0.391. The summed E-state index contributed by atoms with van der Waals surface area (Å²) in [5, 5.41) is 4.93. The molecule has 0 unspecified atom stereocenters. The fourth-order valence-electron chi connectivity index (χ4n) is 4.09. The molecule has 0 spiro atoms. The summed E-state index contributed by atoms with van der Waals surface area (Å²) in [6.45, 7) is 1.15. The van der Waals surface area contributed by atoms with Gasteiger partial charge in [0.15, 0.2) is 6.10 Å². The van der Waals surface area contributed by atoms with Gasteiger partial charge >= 0.3 is 0 Å². The summed E-state index contributed by atoms with van der Waals surface area (Å²) in [4.78, 5) is 20.8. The van der Waals surface area contributed by atoms with Crippen LogP contribution in [0.3, 0.4) is 0 Å². The molecule has 1 amide bonds. The fourth-order valence-corrected chi connectivity index (χ4v) is 4.34. The SMILES string of the molecule is O=C(C1CCCC1)N(Cc1ccccc1)C[C@H]1CC(c2ccccc2Cl)=NO1. The van der Waals surface area contributed by atoms with E-state index in [0.29, 0.717) is 24.5 Å². The zero-order valence-electron chi connectivity index (χ0n) is 15.9. The lowest BCUT2D eigenvalue weighted by atomic mass is 10.0. The van der Waals surface area contributed by atoms with Gasteiger partial charge in [0.1, 0.15) is 0 Å². The first kappa shape index (κ1) is 19.0. The molecular weight excluding hydrogens is 372 g/mol. The molecule has 1 aliphatic carbocycles. The monoisotopic (exact) mass is 396 g/mol. The number of carbonyl (C=O) groups excluding carboxylic acids is 1. The quantitative estimate of drug-likeness (QED) is 0.685. The van der Waals surface area contributed by atoms with Crippen molar-refractivity contribution < 1.29 is 9.63 Å². The van der Waals surface area contributed by atoms with E-state index in [0.717, 1.165) is 42.5 Å². The molecule has 0 bridgehead atoms. The summed E-state index contributed by atoms with van der Waals surface area (Å²) < 4.78 is 0. The molecule has 4 nitrogen and oxygen atoms in total. The van der Waals surface area contributed by atoms with Crippen LogP contribution in [0, 0.1) is 5.92 Å². The number of rotatable bonds is 6. The van der Waals surface area contributed by atoms with Crippen LogP contribution in [-0.4, -0.2) is 29.2 Å². The zero-order chi connectivity index (χ0) is 19.3. The van der Waals surface area contributed by atoms with E-state index in [1.807, 2.05) is 47.4 Å². The molecule has 4 rings (SSSR count). The minimum Gasteiger partial charge on any atom is -0.390 e. The molecule has 1 aliphatic heterocycles. The van der Waals surface area contributed by atoms with Gasteiger partial charge in [-0.3, -0.25) is 4.79 Å². The zero-order valence-corrected chi connectivity index (χ0v) is 16.6. The van der Waals surface area contributed by atoms with Gasteiger partial charge < -0.3 is 9.74 Å². The Morgan fingerprint density at radius 3 is 2.54 bits per heavy atom. The van der Waals surface area contributed by atoms with Crippen LogP contribution in [0.1, 0.15) is 43.2 Å². The first-order valence-corrected chi connectivity index (χ1v) is 10.4. The maximum absolute atomic E-state index is 13.2. The standard InChI is InChI=1S/C23H25ClN2O2/c24-21-13-7-6-12-20(21)22-14-19(28-25-22)16-26(15-17-8-2-1-3-9-17)23(27)18-10-4-5-11-18/h1-3,6-9,12-13,18-19H,4-5,10-11,14-16H2/t19-/m1/s1. The maximum atomic E-state index is 13.2. The molecule has 1 fully saturated rings. The normalized spacial score (nSPS) is 19.3. The molecule has 0 radical (unpaired) electrons. The van der Waals surface area contributed by atoms with Gasteiger partial charge in [-0.1, -0.05) is 78.1 Å². The molecule has 1 heterocycles. The van der Waals surface area contributed by atoms with Crippen molar-refractivity contribution in [3.63, 3.8) is 0 Å². The van der Waals surface area contributed by atoms with Crippen LogP contribution in [-0.2, 0) is 16.2 Å². The Morgan fingerprint density at radius 1 is 1.07 bits per heavy atom. The van der Waals surface area contributed by atoms with Crippen LogP contribution in [0.5, 0.6) is 0 Å². The van der Waals surface area contributed by atoms with E-state index < -0.39 is 0 Å². The Morgan fingerprint density at radius 2 is 1.79 bits per heavy atom. The average Bonchev–Trinajstić information content (AvgIpc) is 3.40. The Hall–Kier alpha value is -2.33. The van der Waals surface area contributed by atoms with Crippen LogP contribution >= 0.6 is 11.6 Å². The lowest BCUT2D eigenvalue weighted by Gasteiger charge is -2.27. The van der Waals surface area contributed by atoms with Crippen molar-refractivity contribution in [3.05, 3.63) is 70.7 Å². The lowest BCUT2D eigenvalue weighted by molar-refractivity contribution is -0.137. The van der Waals surface area contributed by atoms with Crippen LogP contribution in [0.2, 0.25) is 5.02 Å². The van der Waals surface area contributed by atoms with Crippen molar-refractivity contribution in [2.45, 2.75) is 44.8 Å². The Kier molecular flexibility index (Phi) is 5.96. The van der Waals surface area contributed by atoms with Gasteiger partial charge in [-0.05, 0) is 24.5 Å². The molecule has 28 heavy (non-hydrogen) atoms. The second-order valence-electron chi connectivity index (χ2n) is 7.64. The van der Waals surface area contributed by atoms with E-state index in [1.165, 1.54) is 0 Å². The van der Waals surface area contributed by atoms with Crippen molar-refractivity contribution in [1.82, 2.24) is 4.90 Å². The first-order chi connectivity index (χ1) is 13.7. The van der Waals surface area contributed by atoms with Crippen LogP contribution < -0.4 is 0 Å². The first-order valence-electron chi connectivity index (χ1n) is 10.0. The molecule has 146 valence electrons. The Bertz CT molecular complexity index is 847. The number of nitrogens with zero attached hydrogens (tertiary/aromatic N) is 2. The van der Waals surface area contributed by atoms with Gasteiger partial charge in [0.2, 0.25) is 5.91 Å². The summed E-state index contributed by atoms with van der Waals surface area (Å²) in [6.07, 6.45) is 4.81. The number of hydrogen-bond donors (Lipinski definition) is 0. The third kappa shape index (κ3) is 4.39. The van der Waals surface area contributed by atoms with Crippen molar-refractivity contribution in [2.24, 2.45) is 11.1 Å². The number of hydrogen-bond acceptors (Lipinski definition) is 3. The molecule has 2 aliphatic rings. The van der Waals surface area contributed by atoms with Crippen molar-refractivity contribution >= 4 is 23.2 Å². The van der Waals surface area contributed by atoms with Crippen LogP contribution in [0.4, 0.5) is 0 Å². The molecule has 2 aromatic rings. The van der Waals surface area contributed by atoms with E-state index in [9.17, 15) is 4.79 Å². The van der Waals surface area contributed by atoms with E-state index in [-0.39, 0.29) is 17.9 Å². The highest BCUT2D eigenvalue weighted by Gasteiger charge is 2.31. The van der Waals surface area contributed by atoms with Crippen molar-refractivity contribution in [1.29, 1.82) is 0 Å². The Balaban J connectivity index is 1.45. The predicted octanol–water partition coefficient (Wildman–Crippen LogP) is 5.05. The summed E-state index contributed by atoms with van der Waals surface area (Å²) >= 11 is 6.30. The number of halogens is 1. The molecule has 0 N–H and O–H groups in total. The highest BCUT2D eigenvalue weighted by molar-refractivity contribution is 6.34. The van der Waals surface area contributed by atoms with Gasteiger partial charge in [-0.15, -0.1) is 0 Å². The van der Waals surface area contributed by atoms with Gasteiger partial charge in [0.05, 0.1) is 12.3 Å². The second-order valence-corrected chi connectivity index (χ2v) is 8.04. The van der Waals surface area contributed by atoms with Crippen molar-refractivity contribution in [2.75, 3.05) is 6.54 Å². The van der Waals surface area contributed by atoms with Gasteiger partial charge in [-0.2, -0.15) is 0 Å². The van der Waals surface area contributed by atoms with E-state index >= 15 is 0 Å². The maximum Gasteiger partial charge on any atom is 0.226 e. The molecule has 5 heteroatoms. The summed E-state index contributed by atoms with van der Waals surface area (Å²) in [5.41, 5.74) is 2.89. The third-order valence-electron chi connectivity index (χ3n) is 5.57. The Labute approximate surface area is 171 Å². The minimum atomic E-state index is -0.139. The molecule has 1 saturated carbocycles. The van der Waals surface area contributed by atoms with Gasteiger partial charge in [0, 0.05) is 29.5 Å².